The standard InChI is InChI=1S/C12H13NO2/c1-8-3-6-12(14)13-11-7-9(15-2)4-5-10(8)11/h3-5,7H,6H2,1-2H3,(H,13,14). The molecule has 0 aliphatic carbocycles. The molecule has 1 heterocycles. The molecule has 2 rings (SSSR count). The van der Waals surface area contributed by atoms with Crippen molar-refractivity contribution >= 4 is 17.2 Å². The van der Waals surface area contributed by atoms with E-state index >= 15 is 0 Å². The highest BCUT2D eigenvalue weighted by Gasteiger charge is 2.12. The van der Waals surface area contributed by atoms with Crippen LogP contribution in [0.1, 0.15) is 18.9 Å². The maximum Gasteiger partial charge on any atom is 0.228 e. The second-order valence-corrected chi connectivity index (χ2v) is 3.55. The van der Waals surface area contributed by atoms with E-state index in [4.69, 9.17) is 4.74 Å². The van der Waals surface area contributed by atoms with Crippen LogP contribution in [-0.2, 0) is 4.79 Å². The summed E-state index contributed by atoms with van der Waals surface area (Å²) in [4.78, 5) is 11.4. The Morgan fingerprint density at radius 1 is 1.40 bits per heavy atom. The molecule has 0 saturated carbocycles. The van der Waals surface area contributed by atoms with Gasteiger partial charge >= 0.3 is 0 Å². The van der Waals surface area contributed by atoms with Gasteiger partial charge in [0, 0.05) is 18.1 Å². The van der Waals surface area contributed by atoms with Crippen molar-refractivity contribution in [3.63, 3.8) is 0 Å². The van der Waals surface area contributed by atoms with Gasteiger partial charge in [0.2, 0.25) is 5.91 Å². The topological polar surface area (TPSA) is 38.3 Å². The molecule has 1 amide bonds. The van der Waals surface area contributed by atoms with Gasteiger partial charge in [-0.25, -0.2) is 0 Å². The molecule has 1 aliphatic rings. The number of hydrogen-bond donors (Lipinski definition) is 1. The zero-order valence-corrected chi connectivity index (χ0v) is 8.83. The number of carbonyl (C=O) groups is 1. The normalized spacial score (nSPS) is 14.8. The van der Waals surface area contributed by atoms with Crippen LogP contribution in [0.25, 0.3) is 5.57 Å². The monoisotopic (exact) mass is 203 g/mol. The maximum absolute atomic E-state index is 11.4. The lowest BCUT2D eigenvalue weighted by Crippen LogP contribution is -2.09. The lowest BCUT2D eigenvalue weighted by Gasteiger charge is -2.09. The third-order valence-corrected chi connectivity index (χ3v) is 2.52. The number of anilines is 1. The second-order valence-electron chi connectivity index (χ2n) is 3.55. The van der Waals surface area contributed by atoms with Gasteiger partial charge in [-0.2, -0.15) is 0 Å². The first kappa shape index (κ1) is 9.77. The number of benzene rings is 1. The van der Waals surface area contributed by atoms with Crippen LogP contribution in [0.15, 0.2) is 24.3 Å². The molecule has 3 nitrogen and oxygen atoms in total. The van der Waals surface area contributed by atoms with E-state index in [1.54, 1.807) is 7.11 Å². The molecule has 1 aromatic carbocycles. The van der Waals surface area contributed by atoms with E-state index in [9.17, 15) is 4.79 Å². The number of nitrogens with one attached hydrogen (secondary N) is 1. The molecular weight excluding hydrogens is 190 g/mol. The molecule has 1 N–H and O–H groups in total. The first-order valence-corrected chi connectivity index (χ1v) is 4.86. The van der Waals surface area contributed by atoms with E-state index in [1.807, 2.05) is 31.2 Å². The molecule has 0 spiro atoms. The molecule has 0 atom stereocenters. The fourth-order valence-corrected chi connectivity index (χ4v) is 1.65. The van der Waals surface area contributed by atoms with Gasteiger partial charge in [-0.3, -0.25) is 4.79 Å². The van der Waals surface area contributed by atoms with E-state index in [0.29, 0.717) is 6.42 Å². The zero-order valence-electron chi connectivity index (χ0n) is 8.83. The largest absolute Gasteiger partial charge is 0.497 e. The van der Waals surface area contributed by atoms with E-state index in [2.05, 4.69) is 5.32 Å². The van der Waals surface area contributed by atoms with Crippen molar-refractivity contribution in [3.8, 4) is 5.75 Å². The summed E-state index contributed by atoms with van der Waals surface area (Å²) < 4.78 is 5.12. The Bertz CT molecular complexity index is 435. The van der Waals surface area contributed by atoms with E-state index in [0.717, 1.165) is 22.6 Å². The first-order chi connectivity index (χ1) is 7.20. The van der Waals surface area contributed by atoms with Crippen molar-refractivity contribution in [3.05, 3.63) is 29.8 Å². The molecule has 3 heteroatoms. The van der Waals surface area contributed by atoms with Gasteiger partial charge < -0.3 is 10.1 Å². The summed E-state index contributed by atoms with van der Waals surface area (Å²) in [5.41, 5.74) is 3.00. The lowest BCUT2D eigenvalue weighted by molar-refractivity contribution is -0.115. The van der Waals surface area contributed by atoms with Gasteiger partial charge in [-0.1, -0.05) is 6.08 Å². The highest BCUT2D eigenvalue weighted by Crippen LogP contribution is 2.30. The van der Waals surface area contributed by atoms with Crippen molar-refractivity contribution in [1.29, 1.82) is 0 Å². The second kappa shape index (κ2) is 3.77. The third kappa shape index (κ3) is 1.86. The minimum absolute atomic E-state index is 0.0151. The van der Waals surface area contributed by atoms with E-state index in [1.165, 1.54) is 0 Å². The van der Waals surface area contributed by atoms with E-state index in [-0.39, 0.29) is 5.91 Å². The van der Waals surface area contributed by atoms with Gasteiger partial charge in [-0.05, 0) is 24.6 Å². The highest BCUT2D eigenvalue weighted by molar-refractivity contribution is 5.98. The Morgan fingerprint density at radius 2 is 2.20 bits per heavy atom. The summed E-state index contributed by atoms with van der Waals surface area (Å²) in [6.07, 6.45) is 2.37. The van der Waals surface area contributed by atoms with E-state index < -0.39 is 0 Å². The van der Waals surface area contributed by atoms with Crippen molar-refractivity contribution < 1.29 is 9.53 Å². The minimum Gasteiger partial charge on any atom is -0.497 e. The summed E-state index contributed by atoms with van der Waals surface area (Å²) in [7, 11) is 1.61. The average molecular weight is 203 g/mol. The van der Waals surface area contributed by atoms with Crippen LogP contribution in [0.4, 0.5) is 5.69 Å². The number of fused-ring (bicyclic) bond motifs is 1. The molecule has 1 aliphatic heterocycles. The molecule has 0 aromatic heterocycles. The summed E-state index contributed by atoms with van der Waals surface area (Å²) in [5.74, 6) is 0.769. The number of rotatable bonds is 1. The zero-order chi connectivity index (χ0) is 10.8. The summed E-state index contributed by atoms with van der Waals surface area (Å²) in [6.45, 7) is 2.01. The Balaban J connectivity index is 2.51. The Kier molecular flexibility index (Phi) is 2.46. The average Bonchev–Trinajstić information content (AvgIpc) is 2.38. The van der Waals surface area contributed by atoms with Gasteiger partial charge in [0.15, 0.2) is 0 Å². The minimum atomic E-state index is 0.0151. The van der Waals surface area contributed by atoms with Crippen molar-refractivity contribution in [2.75, 3.05) is 12.4 Å². The van der Waals surface area contributed by atoms with Crippen LogP contribution in [-0.4, -0.2) is 13.0 Å². The third-order valence-electron chi connectivity index (χ3n) is 2.52. The Morgan fingerprint density at radius 3 is 2.93 bits per heavy atom. The van der Waals surface area contributed by atoms with Crippen molar-refractivity contribution in [2.45, 2.75) is 13.3 Å². The quantitative estimate of drug-likeness (QED) is 0.761. The van der Waals surface area contributed by atoms with Crippen LogP contribution in [0.2, 0.25) is 0 Å². The number of ether oxygens (including phenoxy) is 1. The van der Waals surface area contributed by atoms with Gasteiger partial charge in [0.1, 0.15) is 5.75 Å². The maximum atomic E-state index is 11.4. The number of methoxy groups -OCH3 is 1. The van der Waals surface area contributed by atoms with Crippen LogP contribution in [0.5, 0.6) is 5.75 Å². The number of allylic oxidation sites excluding steroid dienone is 1. The van der Waals surface area contributed by atoms with Crippen LogP contribution in [0.3, 0.4) is 0 Å². The Hall–Kier alpha value is -1.77. The molecule has 0 fully saturated rings. The van der Waals surface area contributed by atoms with Crippen LogP contribution < -0.4 is 10.1 Å². The van der Waals surface area contributed by atoms with Crippen molar-refractivity contribution in [1.82, 2.24) is 0 Å². The van der Waals surface area contributed by atoms with Gasteiger partial charge in [-0.15, -0.1) is 0 Å². The molecule has 0 radical (unpaired) electrons. The SMILES string of the molecule is COc1ccc2c(c1)NC(=O)CC=C2C. The molecule has 1 aromatic rings. The summed E-state index contributed by atoms with van der Waals surface area (Å²) in [6, 6.07) is 5.70. The predicted molar refractivity (Wildman–Crippen MR) is 59.9 cm³/mol. The first-order valence-electron chi connectivity index (χ1n) is 4.86. The molecule has 15 heavy (non-hydrogen) atoms. The van der Waals surface area contributed by atoms with Gasteiger partial charge in [0.05, 0.1) is 12.8 Å². The number of amides is 1. The fraction of sp³-hybridized carbons (Fsp3) is 0.250. The van der Waals surface area contributed by atoms with Gasteiger partial charge in [0.25, 0.3) is 0 Å². The van der Waals surface area contributed by atoms with Crippen LogP contribution in [0, 0.1) is 0 Å². The summed E-state index contributed by atoms with van der Waals surface area (Å²) in [5, 5.41) is 2.86. The Labute approximate surface area is 88.8 Å². The fourth-order valence-electron chi connectivity index (χ4n) is 1.65. The predicted octanol–water partition coefficient (Wildman–Crippen LogP) is 2.44. The number of hydrogen-bond acceptors (Lipinski definition) is 2. The number of carbonyl (C=O) groups excluding carboxylic acids is 1. The molecule has 0 saturated heterocycles. The molecule has 78 valence electrons. The molecule has 0 unspecified atom stereocenters. The highest BCUT2D eigenvalue weighted by atomic mass is 16.5. The molecule has 0 bridgehead atoms. The van der Waals surface area contributed by atoms with Crippen LogP contribution >= 0.6 is 0 Å². The summed E-state index contributed by atoms with van der Waals surface area (Å²) >= 11 is 0. The van der Waals surface area contributed by atoms with Crippen molar-refractivity contribution in [2.24, 2.45) is 0 Å². The lowest BCUT2D eigenvalue weighted by atomic mass is 10.1. The smallest absolute Gasteiger partial charge is 0.228 e. The molecular formula is C12H13NO2.